The molecular weight excluding hydrogens is 362 g/mol. The summed E-state index contributed by atoms with van der Waals surface area (Å²) < 4.78 is 0. The van der Waals surface area contributed by atoms with Gasteiger partial charge in [-0.25, -0.2) is 0 Å². The fraction of sp³-hybridized carbons (Fsp3) is 0.455. The van der Waals surface area contributed by atoms with Crippen LogP contribution in [-0.2, 0) is 0 Å². The molecule has 1 aromatic heterocycles. The number of aromatic amines is 1. The first-order valence-corrected chi connectivity index (χ1v) is 10.1. The van der Waals surface area contributed by atoms with E-state index in [9.17, 15) is 10.5 Å². The Bertz CT molecular complexity index is 1060. The maximum Gasteiger partial charge on any atom is 0.155 e. The maximum absolute atomic E-state index is 9.74. The summed E-state index contributed by atoms with van der Waals surface area (Å²) in [6, 6.07) is 10.6. The number of benzene rings is 1. The predicted octanol–water partition coefficient (Wildman–Crippen LogP) is 3.57. The molecule has 2 aliphatic heterocycles. The van der Waals surface area contributed by atoms with Crippen molar-refractivity contribution in [2.24, 2.45) is 10.9 Å². The number of aliphatic imine (C=N–C) groups is 1. The summed E-state index contributed by atoms with van der Waals surface area (Å²) in [5.41, 5.74) is 3.89. The zero-order chi connectivity index (χ0) is 20.4. The third-order valence-electron chi connectivity index (χ3n) is 5.95. The highest BCUT2D eigenvalue weighted by Gasteiger charge is 2.34. The molecular formula is C22H25N7. The number of likely N-dealkylation sites (tertiary alicyclic amines) is 1. The standard InChI is InChI=1S/C22H25N7/c1-14-18(12-23)21(19(13-24)15(2)26-14)16-5-6-20-17(11-16)22(28-27-20)25-7-10-29-8-3-4-9-29/h5-6,11,18,21H,3-4,7-10H2,1-2H3,(H2,25,27,28). The van der Waals surface area contributed by atoms with Crippen LogP contribution in [0.1, 0.15) is 38.2 Å². The molecule has 2 atom stereocenters. The minimum atomic E-state index is -0.440. The highest BCUT2D eigenvalue weighted by molar-refractivity contribution is 5.93. The topological polar surface area (TPSA) is 104 Å². The van der Waals surface area contributed by atoms with E-state index in [-0.39, 0.29) is 5.92 Å². The number of hydrogen-bond acceptors (Lipinski definition) is 6. The van der Waals surface area contributed by atoms with E-state index in [0.29, 0.717) is 11.3 Å². The van der Waals surface area contributed by atoms with Crippen LogP contribution in [0.5, 0.6) is 0 Å². The zero-order valence-electron chi connectivity index (χ0n) is 16.9. The van der Waals surface area contributed by atoms with E-state index in [4.69, 9.17) is 0 Å². The van der Waals surface area contributed by atoms with Crippen LogP contribution < -0.4 is 5.32 Å². The van der Waals surface area contributed by atoms with Crippen molar-refractivity contribution in [3.8, 4) is 12.1 Å². The summed E-state index contributed by atoms with van der Waals surface area (Å²) >= 11 is 0. The normalized spacial score (nSPS) is 22.4. The molecule has 1 aromatic carbocycles. The number of nitrogens with one attached hydrogen (secondary N) is 2. The maximum atomic E-state index is 9.74. The number of hydrogen-bond donors (Lipinski definition) is 2. The summed E-state index contributed by atoms with van der Waals surface area (Å²) in [7, 11) is 0. The lowest BCUT2D eigenvalue weighted by atomic mass is 9.76. The molecule has 4 rings (SSSR count). The Hall–Kier alpha value is -3.16. The summed E-state index contributed by atoms with van der Waals surface area (Å²) in [6.45, 7) is 7.89. The second-order valence-corrected chi connectivity index (χ2v) is 7.80. The van der Waals surface area contributed by atoms with Crippen molar-refractivity contribution >= 4 is 22.4 Å². The van der Waals surface area contributed by atoms with E-state index in [1.165, 1.54) is 25.9 Å². The Morgan fingerprint density at radius 3 is 2.76 bits per heavy atom. The third kappa shape index (κ3) is 3.62. The quantitative estimate of drug-likeness (QED) is 0.816. The Labute approximate surface area is 170 Å². The van der Waals surface area contributed by atoms with Crippen molar-refractivity contribution in [3.63, 3.8) is 0 Å². The third-order valence-corrected chi connectivity index (χ3v) is 5.95. The van der Waals surface area contributed by atoms with Gasteiger partial charge in [0.05, 0.1) is 34.8 Å². The van der Waals surface area contributed by atoms with Gasteiger partial charge >= 0.3 is 0 Å². The van der Waals surface area contributed by atoms with Gasteiger partial charge in [-0.2, -0.15) is 15.6 Å². The van der Waals surface area contributed by atoms with Crippen LogP contribution >= 0.6 is 0 Å². The van der Waals surface area contributed by atoms with Crippen LogP contribution in [0, 0.1) is 28.6 Å². The van der Waals surface area contributed by atoms with Crippen LogP contribution in [0.25, 0.3) is 10.9 Å². The van der Waals surface area contributed by atoms with Gasteiger partial charge in [0.1, 0.15) is 0 Å². The molecule has 29 heavy (non-hydrogen) atoms. The molecule has 0 spiro atoms. The van der Waals surface area contributed by atoms with E-state index in [1.807, 2.05) is 26.0 Å². The van der Waals surface area contributed by atoms with E-state index in [1.54, 1.807) is 0 Å². The van der Waals surface area contributed by atoms with Gasteiger partial charge in [-0.3, -0.25) is 10.1 Å². The summed E-state index contributed by atoms with van der Waals surface area (Å²) in [5.74, 6) is 0.0680. The van der Waals surface area contributed by atoms with Crippen molar-refractivity contribution < 1.29 is 0 Å². The molecule has 7 heteroatoms. The largest absolute Gasteiger partial charge is 0.367 e. The monoisotopic (exact) mass is 387 g/mol. The number of fused-ring (bicyclic) bond motifs is 1. The average molecular weight is 387 g/mol. The van der Waals surface area contributed by atoms with Crippen LogP contribution in [-0.4, -0.2) is 47.0 Å². The van der Waals surface area contributed by atoms with E-state index >= 15 is 0 Å². The molecule has 7 nitrogen and oxygen atoms in total. The smallest absolute Gasteiger partial charge is 0.155 e. The highest BCUT2D eigenvalue weighted by atomic mass is 15.2. The summed E-state index contributed by atoms with van der Waals surface area (Å²) in [6.07, 6.45) is 2.57. The van der Waals surface area contributed by atoms with Gasteiger partial charge in [-0.05, 0) is 57.5 Å². The first-order chi connectivity index (χ1) is 14.1. The molecule has 0 aliphatic carbocycles. The fourth-order valence-corrected chi connectivity index (χ4v) is 4.40. The van der Waals surface area contributed by atoms with Gasteiger partial charge in [0, 0.05) is 30.1 Å². The van der Waals surface area contributed by atoms with Gasteiger partial charge in [-0.15, -0.1) is 0 Å². The number of nitrogens with zero attached hydrogens (tertiary/aromatic N) is 5. The molecule has 0 radical (unpaired) electrons. The van der Waals surface area contributed by atoms with E-state index < -0.39 is 5.92 Å². The molecule has 0 amide bonds. The minimum Gasteiger partial charge on any atom is -0.367 e. The molecule has 2 unspecified atom stereocenters. The molecule has 0 bridgehead atoms. The SMILES string of the molecule is CC1=NC(C)=C(C#N)C(c2ccc3[nH]nc(NCCN4CCCC4)c3c2)C1C#N. The second kappa shape index (κ2) is 8.06. The second-order valence-electron chi connectivity index (χ2n) is 7.80. The van der Waals surface area contributed by atoms with Crippen LogP contribution in [0.2, 0.25) is 0 Å². The van der Waals surface area contributed by atoms with Gasteiger partial charge < -0.3 is 10.2 Å². The van der Waals surface area contributed by atoms with Crippen molar-refractivity contribution in [2.75, 3.05) is 31.5 Å². The number of rotatable bonds is 5. The number of nitriles is 2. The first-order valence-electron chi connectivity index (χ1n) is 10.1. The highest BCUT2D eigenvalue weighted by Crippen LogP contribution is 2.39. The molecule has 0 saturated carbocycles. The lowest BCUT2D eigenvalue weighted by Gasteiger charge is -2.26. The van der Waals surface area contributed by atoms with Crippen LogP contribution in [0.3, 0.4) is 0 Å². The molecule has 148 valence electrons. The fourth-order valence-electron chi connectivity index (χ4n) is 4.40. The average Bonchev–Trinajstić information content (AvgIpc) is 3.37. The van der Waals surface area contributed by atoms with Gasteiger partial charge in [0.15, 0.2) is 5.82 Å². The number of anilines is 1. The molecule has 1 saturated heterocycles. The molecule has 1 fully saturated rings. The molecule has 2 aliphatic rings. The van der Waals surface area contributed by atoms with E-state index in [2.05, 4.69) is 43.6 Å². The van der Waals surface area contributed by atoms with Crippen molar-refractivity contribution in [2.45, 2.75) is 32.6 Å². The van der Waals surface area contributed by atoms with E-state index in [0.717, 1.165) is 41.1 Å². The summed E-state index contributed by atoms with van der Waals surface area (Å²) in [4.78, 5) is 6.89. The zero-order valence-corrected chi connectivity index (χ0v) is 16.9. The van der Waals surface area contributed by atoms with Gasteiger partial charge in [0.2, 0.25) is 0 Å². The molecule has 2 aromatic rings. The Morgan fingerprint density at radius 1 is 1.24 bits per heavy atom. The predicted molar refractivity (Wildman–Crippen MR) is 114 cm³/mol. The summed E-state index contributed by atoms with van der Waals surface area (Å²) in [5, 5.41) is 31.4. The van der Waals surface area contributed by atoms with Crippen molar-refractivity contribution in [1.82, 2.24) is 15.1 Å². The number of aromatic nitrogens is 2. The number of H-pyrrole nitrogens is 1. The Kier molecular flexibility index (Phi) is 5.33. The molecule has 2 N–H and O–H groups in total. The van der Waals surface area contributed by atoms with Gasteiger partial charge in [0.25, 0.3) is 0 Å². The first kappa shape index (κ1) is 19.2. The van der Waals surface area contributed by atoms with Crippen molar-refractivity contribution in [3.05, 3.63) is 35.0 Å². The Balaban J connectivity index is 1.63. The lowest BCUT2D eigenvalue weighted by Crippen LogP contribution is -2.26. The van der Waals surface area contributed by atoms with Crippen LogP contribution in [0.4, 0.5) is 5.82 Å². The van der Waals surface area contributed by atoms with Crippen molar-refractivity contribution in [1.29, 1.82) is 10.5 Å². The lowest BCUT2D eigenvalue weighted by molar-refractivity contribution is 0.352. The minimum absolute atomic E-state index is 0.306. The Morgan fingerprint density at radius 2 is 2.03 bits per heavy atom. The molecule has 3 heterocycles. The van der Waals surface area contributed by atoms with Gasteiger partial charge in [-0.1, -0.05) is 6.07 Å². The number of allylic oxidation sites excluding steroid dienone is 2. The van der Waals surface area contributed by atoms with Crippen LogP contribution in [0.15, 0.2) is 34.5 Å².